The molecule has 7 atom stereocenters. The van der Waals surface area contributed by atoms with Crippen LogP contribution < -0.4 is 0 Å². The molecule has 0 amide bonds. The first-order valence-corrected chi connectivity index (χ1v) is 9.64. The number of ether oxygens (including phenoxy) is 2. The van der Waals surface area contributed by atoms with Crippen molar-refractivity contribution in [1.29, 1.82) is 0 Å². The molecule has 0 aromatic rings. The van der Waals surface area contributed by atoms with Gasteiger partial charge in [0.25, 0.3) is 0 Å². The van der Waals surface area contributed by atoms with Gasteiger partial charge in [0.05, 0.1) is 11.0 Å². The number of cyclic esters (lactones) is 1. The summed E-state index contributed by atoms with van der Waals surface area (Å²) in [6.45, 7) is 6.10. The molecule has 2 aliphatic heterocycles. The number of esters is 2. The van der Waals surface area contributed by atoms with E-state index >= 15 is 0 Å². The van der Waals surface area contributed by atoms with Crippen LogP contribution in [0.5, 0.6) is 0 Å². The number of rotatable bonds is 3. The van der Waals surface area contributed by atoms with Crippen molar-refractivity contribution in [2.75, 3.05) is 0 Å². The molecule has 0 bridgehead atoms. The van der Waals surface area contributed by atoms with E-state index in [9.17, 15) is 19.8 Å². The molecule has 6 nitrogen and oxygen atoms in total. The third kappa shape index (κ3) is 2.18. The second-order valence-electron chi connectivity index (χ2n) is 9.18. The van der Waals surface area contributed by atoms with Crippen LogP contribution in [-0.4, -0.2) is 40.1 Å². The maximum absolute atomic E-state index is 12.6. The average Bonchev–Trinajstić information content (AvgIpc) is 3.01. The smallest absolute Gasteiger partial charge is 0.333 e. The molecule has 2 aliphatic carbocycles. The maximum Gasteiger partial charge on any atom is 0.333 e. The highest BCUT2D eigenvalue weighted by atomic mass is 16.6. The van der Waals surface area contributed by atoms with Crippen molar-refractivity contribution in [2.45, 2.75) is 77.3 Å². The molecular formula is C20H28O6. The maximum atomic E-state index is 12.6. The molecular weight excluding hydrogens is 336 g/mol. The van der Waals surface area contributed by atoms with Gasteiger partial charge >= 0.3 is 11.9 Å². The van der Waals surface area contributed by atoms with Gasteiger partial charge in [0.1, 0.15) is 6.10 Å². The number of hydrogen-bond donors (Lipinski definition) is 2. The first-order valence-electron chi connectivity index (χ1n) is 9.64. The zero-order chi connectivity index (χ0) is 18.9. The second-order valence-corrected chi connectivity index (χ2v) is 9.18. The summed E-state index contributed by atoms with van der Waals surface area (Å²) >= 11 is 0. The Morgan fingerprint density at radius 3 is 2.62 bits per heavy atom. The number of carbonyl (C=O) groups excluding carboxylic acids is 2. The molecule has 1 saturated heterocycles. The molecule has 2 N–H and O–H groups in total. The monoisotopic (exact) mass is 364 g/mol. The SMILES string of the molecule is C[C@@H]1C[C@H]2OC(=O)[C@@]3(C)CCC[C@](C)([C@@H]23)[C@@]1(O)CCC1=CC(=O)O[C@@H]1O. The van der Waals surface area contributed by atoms with Crippen molar-refractivity contribution in [2.24, 2.45) is 22.7 Å². The van der Waals surface area contributed by atoms with Crippen LogP contribution in [0.3, 0.4) is 0 Å². The predicted octanol–water partition coefficient (Wildman–Crippen LogP) is 2.08. The van der Waals surface area contributed by atoms with Gasteiger partial charge < -0.3 is 19.7 Å². The fourth-order valence-corrected chi connectivity index (χ4v) is 6.51. The van der Waals surface area contributed by atoms with Crippen LogP contribution in [0.25, 0.3) is 0 Å². The van der Waals surface area contributed by atoms with Crippen molar-refractivity contribution >= 4 is 11.9 Å². The molecule has 2 saturated carbocycles. The van der Waals surface area contributed by atoms with Gasteiger partial charge in [-0.15, -0.1) is 0 Å². The van der Waals surface area contributed by atoms with E-state index in [-0.39, 0.29) is 23.9 Å². The Hall–Kier alpha value is -1.40. The van der Waals surface area contributed by atoms with Gasteiger partial charge in [-0.1, -0.05) is 20.3 Å². The molecule has 3 fully saturated rings. The van der Waals surface area contributed by atoms with Gasteiger partial charge in [0, 0.05) is 23.0 Å². The standard InChI is InChI=1S/C20H28O6/c1-11-9-13-15-18(2,17(23)25-13)6-4-7-19(15,3)20(11,24)8-5-12-10-14(21)26-16(12)22/h10-11,13,15-16,22,24H,4-9H2,1-3H3/t11-,13-,15+,16+,18+,19-,20-/m1/s1. The van der Waals surface area contributed by atoms with E-state index in [2.05, 4.69) is 6.92 Å². The van der Waals surface area contributed by atoms with Gasteiger partial charge in [-0.05, 0) is 44.9 Å². The molecule has 0 aromatic heterocycles. The van der Waals surface area contributed by atoms with Gasteiger partial charge in [-0.3, -0.25) is 4.79 Å². The first-order chi connectivity index (χ1) is 12.1. The Bertz CT molecular complexity index is 686. The third-order valence-electron chi connectivity index (χ3n) is 7.89. The highest BCUT2D eigenvalue weighted by Crippen LogP contribution is 2.67. The lowest BCUT2D eigenvalue weighted by Gasteiger charge is -2.61. The summed E-state index contributed by atoms with van der Waals surface area (Å²) < 4.78 is 10.5. The van der Waals surface area contributed by atoms with Crippen LogP contribution in [-0.2, 0) is 19.1 Å². The highest BCUT2D eigenvalue weighted by molar-refractivity contribution is 5.85. The summed E-state index contributed by atoms with van der Waals surface area (Å²) in [6.07, 6.45) is 3.98. The van der Waals surface area contributed by atoms with Crippen LogP contribution in [0.2, 0.25) is 0 Å². The Kier molecular flexibility index (Phi) is 3.84. The Labute approximate surface area is 153 Å². The number of hydrogen-bond acceptors (Lipinski definition) is 6. The lowest BCUT2D eigenvalue weighted by atomic mass is 9.44. The molecule has 2 heterocycles. The van der Waals surface area contributed by atoms with Crippen LogP contribution in [0.1, 0.15) is 59.3 Å². The summed E-state index contributed by atoms with van der Waals surface area (Å²) in [5, 5.41) is 21.7. The van der Waals surface area contributed by atoms with Crippen molar-refractivity contribution in [3.63, 3.8) is 0 Å². The zero-order valence-corrected chi connectivity index (χ0v) is 15.7. The van der Waals surface area contributed by atoms with Crippen molar-refractivity contribution < 1.29 is 29.3 Å². The molecule has 4 aliphatic rings. The Morgan fingerprint density at radius 2 is 1.96 bits per heavy atom. The molecule has 0 spiro atoms. The summed E-state index contributed by atoms with van der Waals surface area (Å²) in [4.78, 5) is 23.9. The minimum atomic E-state index is -1.21. The van der Waals surface area contributed by atoms with E-state index in [1.165, 1.54) is 6.08 Å². The minimum Gasteiger partial charge on any atom is -0.462 e. The number of carbonyl (C=O) groups is 2. The van der Waals surface area contributed by atoms with E-state index in [1.807, 2.05) is 13.8 Å². The Morgan fingerprint density at radius 1 is 1.23 bits per heavy atom. The molecule has 0 unspecified atom stereocenters. The van der Waals surface area contributed by atoms with Gasteiger partial charge in [0.2, 0.25) is 6.29 Å². The van der Waals surface area contributed by atoms with E-state index in [0.29, 0.717) is 24.8 Å². The van der Waals surface area contributed by atoms with Crippen molar-refractivity contribution in [3.8, 4) is 0 Å². The summed E-state index contributed by atoms with van der Waals surface area (Å²) in [5.41, 5.74) is -1.45. The van der Waals surface area contributed by atoms with E-state index in [4.69, 9.17) is 9.47 Å². The van der Waals surface area contributed by atoms with Gasteiger partial charge in [-0.2, -0.15) is 0 Å². The van der Waals surface area contributed by atoms with Crippen LogP contribution >= 0.6 is 0 Å². The summed E-state index contributed by atoms with van der Waals surface area (Å²) in [7, 11) is 0. The second kappa shape index (κ2) is 5.55. The Balaban J connectivity index is 1.66. The summed E-state index contributed by atoms with van der Waals surface area (Å²) in [5.74, 6) is -0.708. The molecule has 144 valence electrons. The largest absolute Gasteiger partial charge is 0.462 e. The van der Waals surface area contributed by atoms with Gasteiger partial charge in [0.15, 0.2) is 0 Å². The lowest BCUT2D eigenvalue weighted by molar-refractivity contribution is -0.218. The topological polar surface area (TPSA) is 93.1 Å². The van der Waals surface area contributed by atoms with Crippen LogP contribution in [0.4, 0.5) is 0 Å². The quantitative estimate of drug-likeness (QED) is 0.745. The predicted molar refractivity (Wildman–Crippen MR) is 91.6 cm³/mol. The minimum absolute atomic E-state index is 0.00202. The third-order valence-corrected chi connectivity index (χ3v) is 7.89. The molecule has 6 heteroatoms. The lowest BCUT2D eigenvalue weighted by Crippen LogP contribution is -2.65. The molecule has 4 rings (SSSR count). The number of aliphatic hydroxyl groups is 2. The fraction of sp³-hybridized carbons (Fsp3) is 0.800. The van der Waals surface area contributed by atoms with Crippen molar-refractivity contribution in [1.82, 2.24) is 0 Å². The van der Waals surface area contributed by atoms with Crippen molar-refractivity contribution in [3.05, 3.63) is 11.6 Å². The van der Waals surface area contributed by atoms with Crippen LogP contribution in [0.15, 0.2) is 11.6 Å². The zero-order valence-electron chi connectivity index (χ0n) is 15.7. The van der Waals surface area contributed by atoms with Crippen LogP contribution in [0, 0.1) is 22.7 Å². The van der Waals surface area contributed by atoms with Gasteiger partial charge in [-0.25, -0.2) is 4.79 Å². The molecule has 0 radical (unpaired) electrons. The van der Waals surface area contributed by atoms with E-state index in [0.717, 1.165) is 19.3 Å². The average molecular weight is 364 g/mol. The number of aliphatic hydroxyl groups excluding tert-OH is 1. The fourth-order valence-electron chi connectivity index (χ4n) is 6.51. The molecule has 0 aromatic carbocycles. The summed E-state index contributed by atoms with van der Waals surface area (Å²) in [6, 6.07) is 0. The van der Waals surface area contributed by atoms with E-state index in [1.54, 1.807) is 0 Å². The van der Waals surface area contributed by atoms with E-state index < -0.39 is 28.7 Å². The molecule has 26 heavy (non-hydrogen) atoms. The normalized spacial score (nSPS) is 50.1. The first kappa shape index (κ1) is 18.0. The highest BCUT2D eigenvalue weighted by Gasteiger charge is 2.71.